The van der Waals surface area contributed by atoms with Crippen molar-refractivity contribution >= 4 is 10.8 Å². The number of fused-ring (bicyclic) bond motifs is 1. The zero-order valence-corrected chi connectivity index (χ0v) is 6.75. The highest BCUT2D eigenvalue weighted by Crippen LogP contribution is 2.26. The summed E-state index contributed by atoms with van der Waals surface area (Å²) < 4.78 is 30.4. The van der Waals surface area contributed by atoms with Crippen LogP contribution in [0.4, 0.5) is 8.78 Å². The van der Waals surface area contributed by atoms with Gasteiger partial charge < -0.3 is 9.52 Å². The van der Waals surface area contributed by atoms with Crippen LogP contribution in [0.15, 0.2) is 27.4 Å². The van der Waals surface area contributed by atoms with Crippen LogP contribution in [0.1, 0.15) is 0 Å². The van der Waals surface area contributed by atoms with Crippen LogP contribution in [0.5, 0.6) is 5.95 Å². The Kier molecular flexibility index (Phi) is 1.73. The first-order valence-corrected chi connectivity index (χ1v) is 3.70. The number of hydrogen-bond acceptors (Lipinski definition) is 3. The molecule has 0 atom stereocenters. The molecule has 72 valence electrons. The zero-order chi connectivity index (χ0) is 10.3. The van der Waals surface area contributed by atoms with Crippen LogP contribution in [0, 0.1) is 11.6 Å². The molecular formula is C9H4F2O3. The van der Waals surface area contributed by atoms with Crippen molar-refractivity contribution in [3.8, 4) is 5.95 Å². The summed E-state index contributed by atoms with van der Waals surface area (Å²) in [6, 6.07) is 2.50. The first kappa shape index (κ1) is 8.68. The largest absolute Gasteiger partial charge is 0.480 e. The minimum Gasteiger partial charge on any atom is -0.480 e. The van der Waals surface area contributed by atoms with E-state index in [1.54, 1.807) is 0 Å². The second-order valence-electron chi connectivity index (χ2n) is 2.69. The minimum absolute atomic E-state index is 0.293. The SMILES string of the molecule is O=c1cc2c(F)ccc(F)c2c(O)o1. The van der Waals surface area contributed by atoms with Gasteiger partial charge in [0.15, 0.2) is 0 Å². The number of benzene rings is 1. The molecule has 0 bridgehead atoms. The quantitative estimate of drug-likeness (QED) is 0.701. The molecule has 14 heavy (non-hydrogen) atoms. The molecule has 3 nitrogen and oxygen atoms in total. The van der Waals surface area contributed by atoms with Crippen LogP contribution in [0.2, 0.25) is 0 Å². The molecule has 2 rings (SSSR count). The summed E-state index contributed by atoms with van der Waals surface area (Å²) in [6.45, 7) is 0. The lowest BCUT2D eigenvalue weighted by Crippen LogP contribution is -1.98. The third-order valence-electron chi connectivity index (χ3n) is 1.81. The van der Waals surface area contributed by atoms with Crippen molar-refractivity contribution in [1.82, 2.24) is 0 Å². The standard InChI is InChI=1S/C9H4F2O3/c10-5-1-2-6(11)8-4(5)3-7(12)14-9(8)13/h1-3,13H. The van der Waals surface area contributed by atoms with Gasteiger partial charge in [-0.2, -0.15) is 0 Å². The van der Waals surface area contributed by atoms with E-state index in [9.17, 15) is 13.6 Å². The fourth-order valence-corrected chi connectivity index (χ4v) is 1.22. The lowest BCUT2D eigenvalue weighted by Gasteiger charge is -2.00. The van der Waals surface area contributed by atoms with Crippen LogP contribution in [0.3, 0.4) is 0 Å². The topological polar surface area (TPSA) is 50.4 Å². The van der Waals surface area contributed by atoms with Gasteiger partial charge in [-0.3, -0.25) is 0 Å². The normalized spacial score (nSPS) is 10.7. The Morgan fingerprint density at radius 3 is 2.57 bits per heavy atom. The van der Waals surface area contributed by atoms with Gasteiger partial charge in [0.1, 0.15) is 17.0 Å². The first-order valence-electron chi connectivity index (χ1n) is 3.70. The third kappa shape index (κ3) is 1.14. The van der Waals surface area contributed by atoms with Gasteiger partial charge in [0.05, 0.1) is 0 Å². The van der Waals surface area contributed by atoms with E-state index in [-0.39, 0.29) is 5.39 Å². The molecule has 0 aliphatic rings. The Morgan fingerprint density at radius 1 is 1.21 bits per heavy atom. The number of aromatic hydroxyl groups is 1. The maximum absolute atomic E-state index is 13.1. The van der Waals surface area contributed by atoms with Crippen molar-refractivity contribution < 1.29 is 18.3 Å². The molecule has 1 heterocycles. The second-order valence-corrected chi connectivity index (χ2v) is 2.69. The molecule has 0 saturated carbocycles. The van der Waals surface area contributed by atoms with Crippen molar-refractivity contribution in [1.29, 1.82) is 0 Å². The smallest absolute Gasteiger partial charge is 0.339 e. The van der Waals surface area contributed by atoms with Crippen molar-refractivity contribution in [3.05, 3.63) is 40.3 Å². The van der Waals surface area contributed by atoms with Crippen LogP contribution in [0.25, 0.3) is 10.8 Å². The summed E-state index contributed by atoms with van der Waals surface area (Å²) in [5.41, 5.74) is -0.931. The molecule has 1 aromatic carbocycles. The molecule has 0 aliphatic carbocycles. The summed E-state index contributed by atoms with van der Waals surface area (Å²) in [4.78, 5) is 10.8. The second kappa shape index (κ2) is 2.80. The highest BCUT2D eigenvalue weighted by molar-refractivity contribution is 5.86. The predicted octanol–water partition coefficient (Wildman–Crippen LogP) is 1.78. The molecule has 0 amide bonds. The number of halogens is 2. The van der Waals surface area contributed by atoms with E-state index < -0.39 is 28.6 Å². The van der Waals surface area contributed by atoms with Crippen molar-refractivity contribution in [2.45, 2.75) is 0 Å². The van der Waals surface area contributed by atoms with E-state index >= 15 is 0 Å². The van der Waals surface area contributed by atoms with Crippen LogP contribution in [-0.2, 0) is 0 Å². The summed E-state index contributed by atoms with van der Waals surface area (Å²) >= 11 is 0. The summed E-state index contributed by atoms with van der Waals surface area (Å²) in [7, 11) is 0. The summed E-state index contributed by atoms with van der Waals surface area (Å²) in [5.74, 6) is -2.54. The van der Waals surface area contributed by atoms with Gasteiger partial charge in [-0.05, 0) is 12.1 Å². The fourth-order valence-electron chi connectivity index (χ4n) is 1.22. The number of hydrogen-bond donors (Lipinski definition) is 1. The van der Waals surface area contributed by atoms with Crippen LogP contribution < -0.4 is 5.63 Å². The fraction of sp³-hybridized carbons (Fsp3) is 0. The molecule has 1 N–H and O–H groups in total. The molecule has 0 spiro atoms. The van der Waals surface area contributed by atoms with Gasteiger partial charge in [-0.25, -0.2) is 13.6 Å². The average molecular weight is 198 g/mol. The maximum atomic E-state index is 13.1. The first-order chi connectivity index (χ1) is 6.59. The molecular weight excluding hydrogens is 194 g/mol. The molecule has 2 aromatic rings. The molecule has 0 fully saturated rings. The van der Waals surface area contributed by atoms with E-state index in [1.807, 2.05) is 0 Å². The predicted molar refractivity (Wildman–Crippen MR) is 44.1 cm³/mol. The summed E-state index contributed by atoms with van der Waals surface area (Å²) in [5, 5.41) is 8.36. The minimum atomic E-state index is -0.931. The van der Waals surface area contributed by atoms with E-state index in [0.717, 1.165) is 18.2 Å². The van der Waals surface area contributed by atoms with E-state index in [1.165, 1.54) is 0 Å². The molecule has 0 unspecified atom stereocenters. The molecule has 0 radical (unpaired) electrons. The lowest BCUT2D eigenvalue weighted by molar-refractivity contribution is 0.315. The van der Waals surface area contributed by atoms with Crippen LogP contribution in [-0.4, -0.2) is 5.11 Å². The van der Waals surface area contributed by atoms with Gasteiger partial charge in [0.25, 0.3) is 5.95 Å². The van der Waals surface area contributed by atoms with Crippen LogP contribution >= 0.6 is 0 Å². The molecule has 1 aromatic heterocycles. The van der Waals surface area contributed by atoms with Gasteiger partial charge in [-0.15, -0.1) is 0 Å². The van der Waals surface area contributed by atoms with Gasteiger partial charge in [-0.1, -0.05) is 0 Å². The Bertz CT molecular complexity index is 560. The third-order valence-corrected chi connectivity index (χ3v) is 1.81. The Balaban J connectivity index is 3.07. The Hall–Kier alpha value is -1.91. The summed E-state index contributed by atoms with van der Waals surface area (Å²) in [6.07, 6.45) is 0. The Labute approximate surface area is 76.2 Å². The monoisotopic (exact) mass is 198 g/mol. The van der Waals surface area contributed by atoms with E-state index in [2.05, 4.69) is 4.42 Å². The molecule has 0 aliphatic heterocycles. The highest BCUT2D eigenvalue weighted by Gasteiger charge is 2.12. The van der Waals surface area contributed by atoms with Crippen molar-refractivity contribution in [2.24, 2.45) is 0 Å². The van der Waals surface area contributed by atoms with Gasteiger partial charge >= 0.3 is 5.63 Å². The van der Waals surface area contributed by atoms with E-state index in [0.29, 0.717) is 0 Å². The zero-order valence-electron chi connectivity index (χ0n) is 6.75. The molecule has 0 saturated heterocycles. The van der Waals surface area contributed by atoms with Gasteiger partial charge in [0.2, 0.25) is 0 Å². The average Bonchev–Trinajstić information content (AvgIpc) is 2.10. The molecule has 5 heteroatoms. The maximum Gasteiger partial charge on any atom is 0.339 e. The van der Waals surface area contributed by atoms with Crippen molar-refractivity contribution in [3.63, 3.8) is 0 Å². The Morgan fingerprint density at radius 2 is 1.86 bits per heavy atom. The van der Waals surface area contributed by atoms with Crippen molar-refractivity contribution in [2.75, 3.05) is 0 Å². The lowest BCUT2D eigenvalue weighted by atomic mass is 10.1. The van der Waals surface area contributed by atoms with Gasteiger partial charge in [0, 0.05) is 11.5 Å². The van der Waals surface area contributed by atoms with E-state index in [4.69, 9.17) is 5.11 Å². The number of rotatable bonds is 0. The highest BCUT2D eigenvalue weighted by atomic mass is 19.1.